The lowest BCUT2D eigenvalue weighted by molar-refractivity contribution is -0.138. The highest BCUT2D eigenvalue weighted by Gasteiger charge is 2.55. The molecule has 2 aromatic carbocycles. The third-order valence-corrected chi connectivity index (χ3v) is 6.57. The maximum Gasteiger partial charge on any atom is 0.308 e. The third-order valence-electron chi connectivity index (χ3n) is 6.57. The van der Waals surface area contributed by atoms with Crippen molar-refractivity contribution in [3.05, 3.63) is 65.4 Å². The van der Waals surface area contributed by atoms with E-state index in [-0.39, 0.29) is 17.7 Å². The molecule has 1 aliphatic heterocycles. The van der Waals surface area contributed by atoms with Gasteiger partial charge in [0, 0.05) is 43.5 Å². The van der Waals surface area contributed by atoms with Crippen LogP contribution < -0.4 is 4.74 Å². The number of likely N-dealkylation sites (N-methyl/N-ethyl adjacent to an activating group) is 1. The molecule has 1 fully saturated rings. The van der Waals surface area contributed by atoms with Crippen molar-refractivity contribution in [1.29, 1.82) is 0 Å². The number of hydrogen-bond acceptors (Lipinski definition) is 4. The smallest absolute Gasteiger partial charge is 0.308 e. The number of ether oxygens (including phenoxy) is 1. The predicted molar refractivity (Wildman–Crippen MR) is 111 cm³/mol. The van der Waals surface area contributed by atoms with Crippen LogP contribution in [0, 0.1) is 5.92 Å². The van der Waals surface area contributed by atoms with E-state index in [9.17, 15) is 14.4 Å². The van der Waals surface area contributed by atoms with Crippen LogP contribution in [0.15, 0.2) is 48.5 Å². The molecule has 30 heavy (non-hydrogen) atoms. The van der Waals surface area contributed by atoms with Crippen molar-refractivity contribution in [2.24, 2.45) is 13.0 Å². The maximum absolute atomic E-state index is 13.2. The molecule has 0 N–H and O–H groups in total. The minimum atomic E-state index is -0.535. The summed E-state index contributed by atoms with van der Waals surface area (Å²) in [4.78, 5) is 39.3. The van der Waals surface area contributed by atoms with E-state index in [4.69, 9.17) is 4.74 Å². The fraction of sp³-hybridized carbons (Fsp3) is 0.292. The van der Waals surface area contributed by atoms with Crippen molar-refractivity contribution in [2.45, 2.75) is 25.2 Å². The van der Waals surface area contributed by atoms with Crippen LogP contribution in [0.5, 0.6) is 5.75 Å². The Morgan fingerprint density at radius 3 is 2.47 bits per heavy atom. The fourth-order valence-electron chi connectivity index (χ4n) is 5.29. The van der Waals surface area contributed by atoms with Gasteiger partial charge in [-0.1, -0.05) is 36.4 Å². The van der Waals surface area contributed by atoms with Crippen LogP contribution >= 0.6 is 0 Å². The Kier molecular flexibility index (Phi) is 4.07. The van der Waals surface area contributed by atoms with Crippen molar-refractivity contribution in [3.8, 4) is 5.75 Å². The van der Waals surface area contributed by atoms with Gasteiger partial charge in [-0.25, -0.2) is 0 Å². The Hall–Kier alpha value is -3.41. The number of benzene rings is 2. The Labute approximate surface area is 174 Å². The molecule has 1 saturated heterocycles. The van der Waals surface area contributed by atoms with E-state index in [2.05, 4.69) is 4.57 Å². The second kappa shape index (κ2) is 6.55. The molecule has 2 heterocycles. The van der Waals surface area contributed by atoms with Gasteiger partial charge < -0.3 is 9.30 Å². The van der Waals surface area contributed by atoms with Crippen molar-refractivity contribution in [3.63, 3.8) is 0 Å². The lowest BCUT2D eigenvalue weighted by Crippen LogP contribution is -2.32. The predicted octanol–water partition coefficient (Wildman–Crippen LogP) is 3.14. The van der Waals surface area contributed by atoms with E-state index < -0.39 is 17.8 Å². The number of imide groups is 1. The quantitative estimate of drug-likeness (QED) is 0.375. The number of nitrogens with zero attached hydrogens (tertiary/aromatic N) is 2. The first-order chi connectivity index (χ1) is 14.4. The van der Waals surface area contributed by atoms with Gasteiger partial charge in [0.05, 0.1) is 11.8 Å². The van der Waals surface area contributed by atoms with Crippen LogP contribution in [-0.4, -0.2) is 34.3 Å². The summed E-state index contributed by atoms with van der Waals surface area (Å²) >= 11 is 0. The molecule has 1 aromatic heterocycles. The average Bonchev–Trinajstić information content (AvgIpc) is 3.14. The molecule has 0 spiro atoms. The number of rotatable bonds is 2. The number of carbonyl (C=O) groups excluding carboxylic acids is 3. The molecule has 2 aliphatic rings. The summed E-state index contributed by atoms with van der Waals surface area (Å²) in [5, 5.41) is 1.02. The molecule has 2 amide bonds. The topological polar surface area (TPSA) is 68.6 Å². The molecule has 6 heteroatoms. The third kappa shape index (κ3) is 2.46. The zero-order chi connectivity index (χ0) is 21.2. The van der Waals surface area contributed by atoms with Crippen LogP contribution in [0.25, 0.3) is 10.9 Å². The summed E-state index contributed by atoms with van der Waals surface area (Å²) in [6.45, 7) is 1.36. The number of likely N-dealkylation sites (tertiary alicyclic amines) is 1. The Bertz CT molecular complexity index is 1230. The Morgan fingerprint density at radius 2 is 1.70 bits per heavy atom. The van der Waals surface area contributed by atoms with Crippen LogP contribution in [0.4, 0.5) is 0 Å². The van der Waals surface area contributed by atoms with E-state index in [0.29, 0.717) is 12.2 Å². The van der Waals surface area contributed by atoms with Gasteiger partial charge in [-0.05, 0) is 29.7 Å². The molecule has 6 nitrogen and oxygen atoms in total. The van der Waals surface area contributed by atoms with Gasteiger partial charge in [0.15, 0.2) is 0 Å². The van der Waals surface area contributed by atoms with Crippen molar-refractivity contribution < 1.29 is 19.1 Å². The SMILES string of the molecule is CC(=O)Oc1ccccc1C1Cc2c(c3ccccc3n2C)C2C(=O)N(C)C(=O)C12. The van der Waals surface area contributed by atoms with Gasteiger partial charge in [0.2, 0.25) is 11.8 Å². The van der Waals surface area contributed by atoms with Gasteiger partial charge in [-0.2, -0.15) is 0 Å². The monoisotopic (exact) mass is 402 g/mol. The van der Waals surface area contributed by atoms with Gasteiger partial charge in [0.25, 0.3) is 0 Å². The average molecular weight is 402 g/mol. The molecule has 0 bridgehead atoms. The first-order valence-corrected chi connectivity index (χ1v) is 10.0. The standard InChI is InChI=1S/C24H22N2O4/c1-13(27)30-19-11-7-5-8-14(19)16-12-18-20(15-9-4-6-10-17(15)25(18)2)22-21(16)23(28)26(3)24(22)29/h4-11,16,21-22H,12H2,1-3H3. The molecule has 5 rings (SSSR count). The number of esters is 1. The summed E-state index contributed by atoms with van der Waals surface area (Å²) in [6, 6.07) is 15.3. The lowest BCUT2D eigenvalue weighted by Gasteiger charge is -2.32. The van der Waals surface area contributed by atoms with Crippen LogP contribution in [0.2, 0.25) is 0 Å². The van der Waals surface area contributed by atoms with E-state index in [1.54, 1.807) is 19.2 Å². The largest absolute Gasteiger partial charge is 0.426 e. The zero-order valence-corrected chi connectivity index (χ0v) is 17.1. The molecule has 3 atom stereocenters. The summed E-state index contributed by atoms with van der Waals surface area (Å²) in [5.41, 5.74) is 3.85. The molecule has 0 saturated carbocycles. The van der Waals surface area contributed by atoms with Gasteiger partial charge in [0.1, 0.15) is 5.75 Å². The number of amides is 2. The lowest BCUT2D eigenvalue weighted by atomic mass is 9.69. The normalized spacial score (nSPS) is 22.9. The van der Waals surface area contributed by atoms with E-state index >= 15 is 0 Å². The van der Waals surface area contributed by atoms with Gasteiger partial charge in [-0.3, -0.25) is 19.3 Å². The Balaban J connectivity index is 1.76. The molecular formula is C24H22N2O4. The number of aromatic nitrogens is 1. The molecular weight excluding hydrogens is 380 g/mol. The summed E-state index contributed by atoms with van der Waals surface area (Å²) < 4.78 is 7.58. The van der Waals surface area contributed by atoms with Gasteiger partial charge in [-0.15, -0.1) is 0 Å². The molecule has 152 valence electrons. The van der Waals surface area contributed by atoms with Crippen molar-refractivity contribution in [1.82, 2.24) is 9.47 Å². The van der Waals surface area contributed by atoms with Crippen LogP contribution in [-0.2, 0) is 27.9 Å². The van der Waals surface area contributed by atoms with Crippen molar-refractivity contribution in [2.75, 3.05) is 7.05 Å². The van der Waals surface area contributed by atoms with Crippen LogP contribution in [0.3, 0.4) is 0 Å². The van der Waals surface area contributed by atoms with E-state index in [0.717, 1.165) is 27.7 Å². The minimum Gasteiger partial charge on any atom is -0.426 e. The highest BCUT2D eigenvalue weighted by molar-refractivity contribution is 6.10. The highest BCUT2D eigenvalue weighted by Crippen LogP contribution is 2.53. The first kappa shape index (κ1) is 18.6. The molecule has 0 radical (unpaired) electrons. The number of hydrogen-bond donors (Lipinski definition) is 0. The van der Waals surface area contributed by atoms with Gasteiger partial charge >= 0.3 is 5.97 Å². The maximum atomic E-state index is 13.2. The summed E-state index contributed by atoms with van der Waals surface area (Å²) in [6.07, 6.45) is 0.590. The van der Waals surface area contributed by atoms with Crippen LogP contribution in [0.1, 0.15) is 35.6 Å². The minimum absolute atomic E-state index is 0.169. The number of para-hydroxylation sites is 2. The second-order valence-electron chi connectivity index (χ2n) is 8.12. The molecule has 3 unspecified atom stereocenters. The summed E-state index contributed by atoms with van der Waals surface area (Å²) in [7, 11) is 3.56. The molecule has 1 aliphatic carbocycles. The second-order valence-corrected chi connectivity index (χ2v) is 8.12. The fourth-order valence-corrected chi connectivity index (χ4v) is 5.29. The molecule has 3 aromatic rings. The van der Waals surface area contributed by atoms with E-state index in [1.165, 1.54) is 11.8 Å². The highest BCUT2D eigenvalue weighted by atomic mass is 16.5. The number of carbonyl (C=O) groups is 3. The number of aryl methyl sites for hydroxylation is 1. The first-order valence-electron chi connectivity index (χ1n) is 10.0. The Morgan fingerprint density at radius 1 is 1.00 bits per heavy atom. The number of fused-ring (bicyclic) bond motifs is 5. The van der Waals surface area contributed by atoms with E-state index in [1.807, 2.05) is 43.4 Å². The van der Waals surface area contributed by atoms with Crippen molar-refractivity contribution >= 4 is 28.7 Å². The zero-order valence-electron chi connectivity index (χ0n) is 17.1. The summed E-state index contributed by atoms with van der Waals surface area (Å²) in [5.74, 6) is -1.62.